The molecule has 156 valence electrons. The molecule has 0 spiro atoms. The van der Waals surface area contributed by atoms with Crippen LogP contribution in [-0.2, 0) is 14.8 Å². The summed E-state index contributed by atoms with van der Waals surface area (Å²) in [5, 5.41) is 3.43. The van der Waals surface area contributed by atoms with Crippen molar-refractivity contribution in [2.75, 3.05) is 32.7 Å². The van der Waals surface area contributed by atoms with Crippen LogP contribution in [0.3, 0.4) is 0 Å². The maximum atomic E-state index is 12.8. The molecule has 0 unspecified atom stereocenters. The van der Waals surface area contributed by atoms with E-state index >= 15 is 0 Å². The van der Waals surface area contributed by atoms with Gasteiger partial charge in [-0.15, -0.1) is 0 Å². The number of amides is 1. The lowest BCUT2D eigenvalue weighted by atomic mass is 9.78. The molecule has 3 rings (SSSR count). The molecular formula is C20H30ClN3O3S. The molecule has 1 heterocycles. The molecule has 1 aliphatic carbocycles. The standard InChI is InChI=1S/C20H30ClN3O3S/c1-15-6-5-8-18(16(15)2)22-20(25)14-23-10-12-24(13-11-23)28(26,27)19-9-4-3-7-17(19)21/h3-4,7,9,15-16,18H,5-6,8,10-14H2,1-2H3,(H,22,25)/t15-,16+,18-/m0/s1. The van der Waals surface area contributed by atoms with Crippen molar-refractivity contribution in [1.29, 1.82) is 0 Å². The molecule has 28 heavy (non-hydrogen) atoms. The Labute approximate surface area is 173 Å². The van der Waals surface area contributed by atoms with E-state index in [1.54, 1.807) is 18.2 Å². The molecule has 3 atom stereocenters. The van der Waals surface area contributed by atoms with Gasteiger partial charge in [0, 0.05) is 32.2 Å². The molecule has 1 N–H and O–H groups in total. The average molecular weight is 428 g/mol. The summed E-state index contributed by atoms with van der Waals surface area (Å²) in [5.41, 5.74) is 0. The number of carbonyl (C=O) groups is 1. The maximum Gasteiger partial charge on any atom is 0.244 e. The Morgan fingerprint density at radius 3 is 2.50 bits per heavy atom. The fraction of sp³-hybridized carbons (Fsp3) is 0.650. The SMILES string of the molecule is C[C@H]1[C@@H](NC(=O)CN2CCN(S(=O)(=O)c3ccccc3Cl)CC2)CCC[C@@H]1C. The van der Waals surface area contributed by atoms with Crippen molar-refractivity contribution in [2.45, 2.75) is 44.0 Å². The number of carbonyl (C=O) groups excluding carboxylic acids is 1. The monoisotopic (exact) mass is 427 g/mol. The number of benzene rings is 1. The van der Waals surface area contributed by atoms with E-state index < -0.39 is 10.0 Å². The lowest BCUT2D eigenvalue weighted by Crippen LogP contribution is -2.52. The highest BCUT2D eigenvalue weighted by atomic mass is 35.5. The highest BCUT2D eigenvalue weighted by Crippen LogP contribution is 2.29. The minimum Gasteiger partial charge on any atom is -0.352 e. The van der Waals surface area contributed by atoms with Crippen LogP contribution in [0.25, 0.3) is 0 Å². The van der Waals surface area contributed by atoms with Gasteiger partial charge in [-0.25, -0.2) is 8.42 Å². The second-order valence-electron chi connectivity index (χ2n) is 8.05. The van der Waals surface area contributed by atoms with E-state index in [9.17, 15) is 13.2 Å². The zero-order valence-corrected chi connectivity index (χ0v) is 18.2. The maximum absolute atomic E-state index is 12.8. The molecule has 2 aliphatic rings. The Bertz CT molecular complexity index is 794. The van der Waals surface area contributed by atoms with E-state index in [4.69, 9.17) is 11.6 Å². The molecule has 0 radical (unpaired) electrons. The fourth-order valence-corrected chi connectivity index (χ4v) is 6.08. The van der Waals surface area contributed by atoms with E-state index in [1.165, 1.54) is 16.8 Å². The highest BCUT2D eigenvalue weighted by Gasteiger charge is 2.32. The predicted molar refractivity (Wildman–Crippen MR) is 111 cm³/mol. The molecule has 1 amide bonds. The third-order valence-corrected chi connectivity index (χ3v) is 8.60. The summed E-state index contributed by atoms with van der Waals surface area (Å²) in [4.78, 5) is 14.6. The van der Waals surface area contributed by atoms with Crippen LogP contribution in [0.1, 0.15) is 33.1 Å². The largest absolute Gasteiger partial charge is 0.352 e. The number of sulfonamides is 1. The van der Waals surface area contributed by atoms with Crippen LogP contribution in [0.5, 0.6) is 0 Å². The van der Waals surface area contributed by atoms with E-state index in [0.717, 1.165) is 12.8 Å². The van der Waals surface area contributed by atoms with Crippen molar-refractivity contribution < 1.29 is 13.2 Å². The normalized spacial score (nSPS) is 27.5. The number of rotatable bonds is 5. The van der Waals surface area contributed by atoms with Crippen molar-refractivity contribution in [3.63, 3.8) is 0 Å². The summed E-state index contributed by atoms with van der Waals surface area (Å²) >= 11 is 6.07. The van der Waals surface area contributed by atoms with Crippen LogP contribution in [0.15, 0.2) is 29.2 Å². The van der Waals surface area contributed by atoms with Gasteiger partial charge in [0.1, 0.15) is 4.90 Å². The van der Waals surface area contributed by atoms with Gasteiger partial charge in [0.2, 0.25) is 15.9 Å². The van der Waals surface area contributed by atoms with Gasteiger partial charge in [-0.3, -0.25) is 9.69 Å². The van der Waals surface area contributed by atoms with Gasteiger partial charge in [-0.2, -0.15) is 4.31 Å². The number of nitrogens with zero attached hydrogens (tertiary/aromatic N) is 2. The van der Waals surface area contributed by atoms with E-state index in [1.807, 2.05) is 4.90 Å². The molecule has 0 bridgehead atoms. The minimum absolute atomic E-state index is 0.0355. The molecular weight excluding hydrogens is 398 g/mol. The number of hydrogen-bond donors (Lipinski definition) is 1. The molecule has 1 saturated carbocycles. The number of nitrogens with one attached hydrogen (secondary N) is 1. The second kappa shape index (κ2) is 9.11. The molecule has 1 saturated heterocycles. The minimum atomic E-state index is -3.61. The third-order valence-electron chi connectivity index (χ3n) is 6.21. The molecule has 1 aromatic rings. The first-order valence-electron chi connectivity index (χ1n) is 10.1. The summed E-state index contributed by atoms with van der Waals surface area (Å²) in [5.74, 6) is 1.17. The highest BCUT2D eigenvalue weighted by molar-refractivity contribution is 7.89. The van der Waals surface area contributed by atoms with Crippen LogP contribution in [0.2, 0.25) is 5.02 Å². The Kier molecular flexibility index (Phi) is 7.02. The number of hydrogen-bond acceptors (Lipinski definition) is 4. The Balaban J connectivity index is 1.51. The van der Waals surface area contributed by atoms with E-state index in [0.29, 0.717) is 44.6 Å². The van der Waals surface area contributed by atoms with Crippen molar-refractivity contribution >= 4 is 27.5 Å². The van der Waals surface area contributed by atoms with Gasteiger partial charge in [0.15, 0.2) is 0 Å². The zero-order valence-electron chi connectivity index (χ0n) is 16.6. The van der Waals surface area contributed by atoms with Crippen LogP contribution in [0, 0.1) is 11.8 Å². The lowest BCUT2D eigenvalue weighted by molar-refractivity contribution is -0.124. The van der Waals surface area contributed by atoms with Crippen molar-refractivity contribution in [1.82, 2.24) is 14.5 Å². The third kappa shape index (κ3) is 4.87. The first-order valence-corrected chi connectivity index (χ1v) is 11.9. The van der Waals surface area contributed by atoms with Gasteiger partial charge < -0.3 is 5.32 Å². The van der Waals surface area contributed by atoms with Crippen molar-refractivity contribution in [3.05, 3.63) is 29.3 Å². The van der Waals surface area contributed by atoms with E-state index in [-0.39, 0.29) is 21.9 Å². The Morgan fingerprint density at radius 1 is 1.14 bits per heavy atom. The van der Waals surface area contributed by atoms with Crippen LogP contribution < -0.4 is 5.32 Å². The van der Waals surface area contributed by atoms with Crippen LogP contribution in [-0.4, -0.2) is 62.3 Å². The fourth-order valence-electron chi connectivity index (χ4n) is 4.16. The van der Waals surface area contributed by atoms with Crippen LogP contribution in [0.4, 0.5) is 0 Å². The molecule has 6 nitrogen and oxygen atoms in total. The summed E-state index contributed by atoms with van der Waals surface area (Å²) < 4.78 is 27.1. The van der Waals surface area contributed by atoms with Crippen molar-refractivity contribution in [2.24, 2.45) is 11.8 Å². The number of piperazine rings is 1. The summed E-state index contributed by atoms with van der Waals surface area (Å²) in [6, 6.07) is 6.75. The molecule has 8 heteroatoms. The second-order valence-corrected chi connectivity index (χ2v) is 10.4. The summed E-state index contributed by atoms with van der Waals surface area (Å²) in [6.45, 7) is 6.57. The predicted octanol–water partition coefficient (Wildman–Crippen LogP) is 2.59. The smallest absolute Gasteiger partial charge is 0.244 e. The van der Waals surface area contributed by atoms with Gasteiger partial charge in [0.05, 0.1) is 11.6 Å². The quantitative estimate of drug-likeness (QED) is 0.784. The summed E-state index contributed by atoms with van der Waals surface area (Å²) in [7, 11) is -3.61. The van der Waals surface area contributed by atoms with Crippen LogP contribution >= 0.6 is 11.6 Å². The molecule has 1 aliphatic heterocycles. The molecule has 2 fully saturated rings. The topological polar surface area (TPSA) is 69.7 Å². The van der Waals surface area contributed by atoms with Gasteiger partial charge in [-0.05, 0) is 30.4 Å². The first kappa shape index (κ1) is 21.6. The van der Waals surface area contributed by atoms with E-state index in [2.05, 4.69) is 19.2 Å². The van der Waals surface area contributed by atoms with Gasteiger partial charge >= 0.3 is 0 Å². The summed E-state index contributed by atoms with van der Waals surface area (Å²) in [6.07, 6.45) is 3.44. The van der Waals surface area contributed by atoms with Gasteiger partial charge in [0.25, 0.3) is 0 Å². The molecule has 1 aromatic carbocycles. The first-order chi connectivity index (χ1) is 13.3. The average Bonchev–Trinajstić information content (AvgIpc) is 2.66. The number of halogens is 1. The Morgan fingerprint density at radius 2 is 1.82 bits per heavy atom. The lowest BCUT2D eigenvalue weighted by Gasteiger charge is -2.36. The molecule has 0 aromatic heterocycles. The zero-order chi connectivity index (χ0) is 20.3. The Hall–Kier alpha value is -1.15. The van der Waals surface area contributed by atoms with Gasteiger partial charge in [-0.1, -0.05) is 50.4 Å². The van der Waals surface area contributed by atoms with Crippen molar-refractivity contribution in [3.8, 4) is 0 Å².